The van der Waals surface area contributed by atoms with E-state index in [0.717, 1.165) is 19.0 Å². The Balaban J connectivity index is 1.70. The first-order valence-corrected chi connectivity index (χ1v) is 5.75. The van der Waals surface area contributed by atoms with Crippen LogP contribution in [0.4, 0.5) is 0 Å². The molecule has 0 saturated carbocycles. The fourth-order valence-electron chi connectivity index (χ4n) is 2.55. The number of nitriles is 1. The van der Waals surface area contributed by atoms with Gasteiger partial charge in [-0.3, -0.25) is 0 Å². The summed E-state index contributed by atoms with van der Waals surface area (Å²) in [5.74, 6) is 0.845. The van der Waals surface area contributed by atoms with Crippen LogP contribution >= 0.6 is 0 Å². The van der Waals surface area contributed by atoms with Crippen molar-refractivity contribution in [2.45, 2.75) is 25.7 Å². The van der Waals surface area contributed by atoms with Crippen molar-refractivity contribution >= 4 is 0 Å². The van der Waals surface area contributed by atoms with Crippen molar-refractivity contribution in [3.63, 3.8) is 0 Å². The van der Waals surface area contributed by atoms with Gasteiger partial charge >= 0.3 is 0 Å². The van der Waals surface area contributed by atoms with Crippen molar-refractivity contribution in [1.82, 2.24) is 9.80 Å². The van der Waals surface area contributed by atoms with Gasteiger partial charge in [0, 0.05) is 19.6 Å². The summed E-state index contributed by atoms with van der Waals surface area (Å²) in [6.45, 7) is 5.85. The molecular weight excluding hydrogens is 174 g/mol. The van der Waals surface area contributed by atoms with Gasteiger partial charge in [-0.1, -0.05) is 0 Å². The third-order valence-electron chi connectivity index (χ3n) is 3.47. The molecule has 2 saturated heterocycles. The van der Waals surface area contributed by atoms with E-state index in [1.165, 1.54) is 45.3 Å². The lowest BCUT2D eigenvalue weighted by Crippen LogP contribution is -2.35. The monoisotopic (exact) mass is 193 g/mol. The molecule has 0 radical (unpaired) electrons. The Morgan fingerprint density at radius 3 is 2.29 bits per heavy atom. The van der Waals surface area contributed by atoms with E-state index in [1.807, 2.05) is 4.90 Å². The van der Waals surface area contributed by atoms with E-state index in [1.54, 1.807) is 0 Å². The topological polar surface area (TPSA) is 30.3 Å². The maximum absolute atomic E-state index is 8.73. The highest BCUT2D eigenvalue weighted by atomic mass is 15.2. The summed E-state index contributed by atoms with van der Waals surface area (Å²) < 4.78 is 0. The molecule has 0 unspecified atom stereocenters. The number of likely N-dealkylation sites (tertiary alicyclic amines) is 2. The predicted octanol–water partition coefficient (Wildman–Crippen LogP) is 1.28. The molecule has 2 aliphatic heterocycles. The second kappa shape index (κ2) is 4.65. The highest BCUT2D eigenvalue weighted by Gasteiger charge is 2.21. The molecule has 0 aromatic carbocycles. The summed E-state index contributed by atoms with van der Waals surface area (Å²) in [6.07, 6.45) is 7.43. The molecule has 0 bridgehead atoms. The summed E-state index contributed by atoms with van der Waals surface area (Å²) in [5, 5.41) is 8.73. The summed E-state index contributed by atoms with van der Waals surface area (Å²) in [5.41, 5.74) is 0. The normalized spacial score (nSPS) is 25.2. The second-order valence-corrected chi connectivity index (χ2v) is 4.54. The standard InChI is InChI=1S/C11H19N3/c12-10-14-7-3-11(4-8-14)9-13-5-1-2-6-13/h11H,1-9H2. The maximum atomic E-state index is 8.73. The Kier molecular flexibility index (Phi) is 3.26. The first-order chi connectivity index (χ1) is 6.88. The first kappa shape index (κ1) is 9.79. The number of nitrogens with zero attached hydrogens (tertiary/aromatic N) is 3. The summed E-state index contributed by atoms with van der Waals surface area (Å²) in [7, 11) is 0. The van der Waals surface area contributed by atoms with Crippen LogP contribution in [0.2, 0.25) is 0 Å². The zero-order chi connectivity index (χ0) is 9.80. The molecule has 3 nitrogen and oxygen atoms in total. The van der Waals surface area contributed by atoms with Gasteiger partial charge in [-0.2, -0.15) is 5.26 Å². The zero-order valence-corrected chi connectivity index (χ0v) is 8.78. The highest BCUT2D eigenvalue weighted by Crippen LogP contribution is 2.19. The Hall–Kier alpha value is -0.750. The Morgan fingerprint density at radius 1 is 1.07 bits per heavy atom. The van der Waals surface area contributed by atoms with Gasteiger partial charge in [-0.25, -0.2) is 0 Å². The van der Waals surface area contributed by atoms with Crippen molar-refractivity contribution in [1.29, 1.82) is 5.26 Å². The van der Waals surface area contributed by atoms with E-state index >= 15 is 0 Å². The van der Waals surface area contributed by atoms with Crippen LogP contribution in [0.3, 0.4) is 0 Å². The molecule has 2 aliphatic rings. The van der Waals surface area contributed by atoms with E-state index in [2.05, 4.69) is 11.1 Å². The van der Waals surface area contributed by atoms with Crippen molar-refractivity contribution in [2.75, 3.05) is 32.7 Å². The SMILES string of the molecule is N#CN1CCC(CN2CCCC2)CC1. The molecule has 0 aliphatic carbocycles. The quantitative estimate of drug-likeness (QED) is 0.619. The van der Waals surface area contributed by atoms with Crippen molar-refractivity contribution in [3.8, 4) is 6.19 Å². The summed E-state index contributed by atoms with van der Waals surface area (Å²) in [6, 6.07) is 0. The van der Waals surface area contributed by atoms with E-state index in [4.69, 9.17) is 5.26 Å². The largest absolute Gasteiger partial charge is 0.311 e. The maximum Gasteiger partial charge on any atom is 0.179 e. The lowest BCUT2D eigenvalue weighted by Gasteiger charge is -2.30. The lowest BCUT2D eigenvalue weighted by molar-refractivity contribution is 0.194. The molecule has 0 atom stereocenters. The van der Waals surface area contributed by atoms with Crippen LogP contribution in [0.25, 0.3) is 0 Å². The fourth-order valence-corrected chi connectivity index (χ4v) is 2.55. The van der Waals surface area contributed by atoms with Crippen LogP contribution in [0.1, 0.15) is 25.7 Å². The van der Waals surface area contributed by atoms with Gasteiger partial charge in [0.25, 0.3) is 0 Å². The van der Waals surface area contributed by atoms with Gasteiger partial charge in [0.05, 0.1) is 0 Å². The molecule has 14 heavy (non-hydrogen) atoms. The summed E-state index contributed by atoms with van der Waals surface area (Å²) >= 11 is 0. The minimum absolute atomic E-state index is 0.845. The third kappa shape index (κ3) is 2.39. The molecule has 2 heterocycles. The van der Waals surface area contributed by atoms with E-state index in [0.29, 0.717) is 0 Å². The molecule has 0 spiro atoms. The number of rotatable bonds is 2. The van der Waals surface area contributed by atoms with Gasteiger partial charge < -0.3 is 9.80 Å². The van der Waals surface area contributed by atoms with Crippen LogP contribution < -0.4 is 0 Å². The predicted molar refractivity (Wildman–Crippen MR) is 55.6 cm³/mol. The highest BCUT2D eigenvalue weighted by molar-refractivity contribution is 4.82. The van der Waals surface area contributed by atoms with Crippen LogP contribution in [-0.4, -0.2) is 42.5 Å². The van der Waals surface area contributed by atoms with Crippen molar-refractivity contribution in [3.05, 3.63) is 0 Å². The molecule has 78 valence electrons. The molecule has 0 amide bonds. The average molecular weight is 193 g/mol. The minimum atomic E-state index is 0.845. The Bertz CT molecular complexity index is 207. The van der Waals surface area contributed by atoms with Gasteiger partial charge in [0.1, 0.15) is 0 Å². The van der Waals surface area contributed by atoms with Crippen molar-refractivity contribution < 1.29 is 0 Å². The van der Waals surface area contributed by atoms with E-state index in [9.17, 15) is 0 Å². The minimum Gasteiger partial charge on any atom is -0.311 e. The molecular formula is C11H19N3. The number of hydrogen-bond donors (Lipinski definition) is 0. The molecule has 0 aromatic heterocycles. The van der Waals surface area contributed by atoms with Gasteiger partial charge in [0.15, 0.2) is 6.19 Å². The second-order valence-electron chi connectivity index (χ2n) is 4.54. The van der Waals surface area contributed by atoms with Crippen LogP contribution in [0, 0.1) is 17.4 Å². The smallest absolute Gasteiger partial charge is 0.179 e. The first-order valence-electron chi connectivity index (χ1n) is 5.75. The Labute approximate surface area is 86.3 Å². The van der Waals surface area contributed by atoms with Crippen LogP contribution in [-0.2, 0) is 0 Å². The molecule has 2 rings (SSSR count). The number of hydrogen-bond acceptors (Lipinski definition) is 3. The third-order valence-corrected chi connectivity index (χ3v) is 3.47. The van der Waals surface area contributed by atoms with E-state index in [-0.39, 0.29) is 0 Å². The van der Waals surface area contributed by atoms with Crippen molar-refractivity contribution in [2.24, 2.45) is 5.92 Å². The lowest BCUT2D eigenvalue weighted by atomic mass is 9.97. The molecule has 3 heteroatoms. The number of piperidine rings is 1. The van der Waals surface area contributed by atoms with E-state index < -0.39 is 0 Å². The fraction of sp³-hybridized carbons (Fsp3) is 0.909. The van der Waals surface area contributed by atoms with Crippen LogP contribution in [0.5, 0.6) is 0 Å². The van der Waals surface area contributed by atoms with Crippen LogP contribution in [0.15, 0.2) is 0 Å². The van der Waals surface area contributed by atoms with Gasteiger partial charge in [-0.15, -0.1) is 0 Å². The van der Waals surface area contributed by atoms with Gasteiger partial charge in [-0.05, 0) is 44.7 Å². The Morgan fingerprint density at radius 2 is 1.71 bits per heavy atom. The molecule has 0 aromatic rings. The molecule has 0 N–H and O–H groups in total. The summed E-state index contributed by atoms with van der Waals surface area (Å²) in [4.78, 5) is 4.48. The molecule has 2 fully saturated rings. The average Bonchev–Trinajstić information content (AvgIpc) is 2.72. The zero-order valence-electron chi connectivity index (χ0n) is 8.78. The van der Waals surface area contributed by atoms with Gasteiger partial charge in [0.2, 0.25) is 0 Å².